The van der Waals surface area contributed by atoms with E-state index in [1.165, 1.54) is 57.8 Å². The molecule has 5 saturated carbocycles. The molecule has 0 spiro atoms. The van der Waals surface area contributed by atoms with E-state index >= 15 is 0 Å². The van der Waals surface area contributed by atoms with E-state index in [2.05, 4.69) is 55.4 Å². The number of rotatable bonds is 1. The summed E-state index contributed by atoms with van der Waals surface area (Å²) < 4.78 is 0. The summed E-state index contributed by atoms with van der Waals surface area (Å²) in [6.07, 6.45) is 13.1. The van der Waals surface area contributed by atoms with Crippen LogP contribution in [0.15, 0.2) is 0 Å². The lowest BCUT2D eigenvalue weighted by Crippen LogP contribution is -2.67. The molecule has 5 rings (SSSR count). The number of hydrogen-bond acceptors (Lipinski definition) is 1. The Kier molecular flexibility index (Phi) is 4.80. The largest absolute Gasteiger partial charge is 0.299 e. The first-order valence-electron chi connectivity index (χ1n) is 13.8. The number of carbonyl (C=O) groups excluding carboxylic acids is 1. The van der Waals surface area contributed by atoms with Crippen molar-refractivity contribution in [2.75, 3.05) is 0 Å². The van der Waals surface area contributed by atoms with Gasteiger partial charge in [-0.1, -0.05) is 61.8 Å². The van der Waals surface area contributed by atoms with Crippen molar-refractivity contribution >= 4 is 5.78 Å². The zero-order valence-electron chi connectivity index (χ0n) is 21.9. The zero-order valence-corrected chi connectivity index (χ0v) is 21.9. The molecule has 0 amide bonds. The van der Waals surface area contributed by atoms with Crippen LogP contribution in [0.4, 0.5) is 0 Å². The summed E-state index contributed by atoms with van der Waals surface area (Å²) in [4.78, 5) is 14.3. The first kappa shape index (κ1) is 22.5. The number of fused-ring (bicyclic) bond motifs is 7. The van der Waals surface area contributed by atoms with Crippen molar-refractivity contribution in [2.45, 2.75) is 120 Å². The van der Waals surface area contributed by atoms with E-state index in [0.717, 1.165) is 18.3 Å². The fraction of sp³-hybridized carbons (Fsp3) is 0.967. The van der Waals surface area contributed by atoms with Crippen LogP contribution >= 0.6 is 0 Å². The van der Waals surface area contributed by atoms with Gasteiger partial charge in [-0.2, -0.15) is 0 Å². The molecule has 0 N–H and O–H groups in total. The molecule has 31 heavy (non-hydrogen) atoms. The molecule has 0 heterocycles. The zero-order chi connectivity index (χ0) is 22.6. The van der Waals surface area contributed by atoms with E-state index in [-0.39, 0.29) is 5.41 Å². The Morgan fingerprint density at radius 1 is 0.774 bits per heavy atom. The highest BCUT2D eigenvalue weighted by molar-refractivity contribution is 5.84. The van der Waals surface area contributed by atoms with Crippen LogP contribution < -0.4 is 0 Å². The Balaban J connectivity index is 1.59. The summed E-state index contributed by atoms with van der Waals surface area (Å²) in [5, 5.41) is 0. The van der Waals surface area contributed by atoms with Gasteiger partial charge in [0, 0.05) is 12.3 Å². The molecule has 1 nitrogen and oxygen atoms in total. The van der Waals surface area contributed by atoms with E-state index in [4.69, 9.17) is 0 Å². The molecule has 9 atom stereocenters. The lowest BCUT2D eigenvalue weighted by Gasteiger charge is -2.72. The van der Waals surface area contributed by atoms with Crippen molar-refractivity contribution < 1.29 is 4.79 Å². The Labute approximate surface area is 192 Å². The second kappa shape index (κ2) is 6.63. The SMILES string of the molecule is CC(C)[C@H]1CC[C@]2(C)CC[C@]3(C)[C@@H](C(=O)C[C@H]4[C@@]5(C)CCCC(C)(C)[C@H]5CC[C@]43C)[C@H]12. The van der Waals surface area contributed by atoms with Gasteiger partial charge in [0.1, 0.15) is 5.78 Å². The maximum absolute atomic E-state index is 14.3. The van der Waals surface area contributed by atoms with Crippen LogP contribution in [0.2, 0.25) is 0 Å². The fourth-order valence-corrected chi connectivity index (χ4v) is 11.5. The molecule has 176 valence electrons. The first-order valence-corrected chi connectivity index (χ1v) is 13.8. The lowest BCUT2D eigenvalue weighted by molar-refractivity contribution is -0.229. The molecule has 0 aromatic heterocycles. The summed E-state index contributed by atoms with van der Waals surface area (Å²) in [5.74, 6) is 4.47. The predicted octanol–water partition coefficient (Wildman–Crippen LogP) is 8.31. The Morgan fingerprint density at radius 3 is 2.16 bits per heavy atom. The monoisotopic (exact) mass is 426 g/mol. The van der Waals surface area contributed by atoms with Gasteiger partial charge in [-0.15, -0.1) is 0 Å². The second-order valence-corrected chi connectivity index (χ2v) is 15.1. The van der Waals surface area contributed by atoms with Crippen molar-refractivity contribution in [3.8, 4) is 0 Å². The standard InChI is InChI=1S/C30H50O/c1-19(2)20-10-14-27(5)16-17-30(8)25(24(20)27)21(31)18-23-28(6)13-9-12-26(3,4)22(28)11-15-29(23,30)7/h19-20,22-25H,9-18H2,1-8H3/t20-,22-,23+,24+,25+,27-,28+,29-,30-/m1/s1. The second-order valence-electron chi connectivity index (χ2n) is 15.1. The number of Topliss-reactive ketones (excluding diaryl/α,β-unsaturated/α-hetero) is 1. The normalized spacial score (nSPS) is 55.9. The number of hydrogen-bond donors (Lipinski definition) is 0. The maximum atomic E-state index is 14.3. The van der Waals surface area contributed by atoms with Crippen LogP contribution in [0.25, 0.3) is 0 Å². The van der Waals surface area contributed by atoms with Crippen LogP contribution in [0.3, 0.4) is 0 Å². The van der Waals surface area contributed by atoms with E-state index in [1.54, 1.807) is 0 Å². The van der Waals surface area contributed by atoms with Gasteiger partial charge >= 0.3 is 0 Å². The van der Waals surface area contributed by atoms with Crippen LogP contribution in [-0.4, -0.2) is 5.78 Å². The van der Waals surface area contributed by atoms with Gasteiger partial charge in [0.15, 0.2) is 0 Å². The number of ketones is 1. The summed E-state index contributed by atoms with van der Waals surface area (Å²) >= 11 is 0. The van der Waals surface area contributed by atoms with E-state index < -0.39 is 0 Å². The molecule has 0 aromatic carbocycles. The van der Waals surface area contributed by atoms with Crippen LogP contribution in [-0.2, 0) is 4.79 Å². The van der Waals surface area contributed by atoms with Crippen LogP contribution in [0.5, 0.6) is 0 Å². The average molecular weight is 427 g/mol. The summed E-state index contributed by atoms with van der Waals surface area (Å²) in [6.45, 7) is 20.4. The van der Waals surface area contributed by atoms with Gasteiger partial charge in [-0.3, -0.25) is 4.79 Å². The van der Waals surface area contributed by atoms with Gasteiger partial charge in [0.05, 0.1) is 0 Å². The van der Waals surface area contributed by atoms with Crippen molar-refractivity contribution in [2.24, 2.45) is 62.6 Å². The minimum atomic E-state index is 0.199. The van der Waals surface area contributed by atoms with Gasteiger partial charge < -0.3 is 0 Å². The molecule has 5 aliphatic rings. The Morgan fingerprint density at radius 2 is 1.48 bits per heavy atom. The maximum Gasteiger partial charge on any atom is 0.137 e. The van der Waals surface area contributed by atoms with Crippen LogP contribution in [0.1, 0.15) is 120 Å². The molecule has 0 unspecified atom stereocenters. The van der Waals surface area contributed by atoms with Crippen molar-refractivity contribution in [1.82, 2.24) is 0 Å². The van der Waals surface area contributed by atoms with Crippen molar-refractivity contribution in [3.63, 3.8) is 0 Å². The third kappa shape index (κ3) is 2.70. The Bertz CT molecular complexity index is 764. The molecule has 0 aliphatic heterocycles. The number of carbonyl (C=O) groups is 1. The van der Waals surface area contributed by atoms with Crippen molar-refractivity contribution in [1.29, 1.82) is 0 Å². The fourth-order valence-electron chi connectivity index (χ4n) is 11.5. The third-order valence-corrected chi connectivity index (χ3v) is 13.3. The summed E-state index contributed by atoms with van der Waals surface area (Å²) in [6, 6.07) is 0. The highest BCUT2D eigenvalue weighted by atomic mass is 16.1. The first-order chi connectivity index (χ1) is 14.3. The molecule has 0 saturated heterocycles. The minimum absolute atomic E-state index is 0.199. The van der Waals surface area contributed by atoms with E-state index in [9.17, 15) is 4.79 Å². The molecular formula is C30H50O. The van der Waals surface area contributed by atoms with Gasteiger partial charge in [0.25, 0.3) is 0 Å². The highest BCUT2D eigenvalue weighted by Gasteiger charge is 2.71. The smallest absolute Gasteiger partial charge is 0.137 e. The van der Waals surface area contributed by atoms with E-state index in [1.807, 2.05) is 0 Å². The van der Waals surface area contributed by atoms with E-state index in [0.29, 0.717) is 51.1 Å². The topological polar surface area (TPSA) is 17.1 Å². The minimum Gasteiger partial charge on any atom is -0.299 e. The van der Waals surface area contributed by atoms with Crippen LogP contribution in [0, 0.1) is 62.6 Å². The molecule has 0 aromatic rings. The quantitative estimate of drug-likeness (QED) is 0.412. The predicted molar refractivity (Wildman–Crippen MR) is 130 cm³/mol. The van der Waals surface area contributed by atoms with Gasteiger partial charge in [-0.05, 0) is 108 Å². The summed E-state index contributed by atoms with van der Waals surface area (Å²) in [5.41, 5.74) is 1.73. The molecular weight excluding hydrogens is 376 g/mol. The third-order valence-electron chi connectivity index (χ3n) is 13.3. The Hall–Kier alpha value is -0.330. The molecule has 5 aliphatic carbocycles. The average Bonchev–Trinajstić information content (AvgIpc) is 3.01. The van der Waals surface area contributed by atoms with Gasteiger partial charge in [0.2, 0.25) is 0 Å². The van der Waals surface area contributed by atoms with Gasteiger partial charge in [-0.25, -0.2) is 0 Å². The molecule has 0 bridgehead atoms. The molecule has 0 radical (unpaired) electrons. The lowest BCUT2D eigenvalue weighted by atomic mass is 9.32. The highest BCUT2D eigenvalue weighted by Crippen LogP contribution is 2.76. The molecule has 1 heteroatoms. The summed E-state index contributed by atoms with van der Waals surface area (Å²) in [7, 11) is 0. The van der Waals surface area contributed by atoms with Crippen molar-refractivity contribution in [3.05, 3.63) is 0 Å². The molecule has 5 fully saturated rings.